The SMILES string of the molecule is CCOC[N+](=O)c1cc(-c2cc3c(cc2OCCOC)N(c2ccccc2)CC(C2CCCCC2)CC(C)S3(=O)=O)sc1C(O)O. The number of aliphatic hydroxyl groups is 2. The van der Waals surface area contributed by atoms with Gasteiger partial charge in [-0.15, -0.1) is 11.3 Å². The first-order valence-electron chi connectivity index (χ1n) is 16.0. The lowest BCUT2D eigenvalue weighted by molar-refractivity contribution is -0.511. The van der Waals surface area contributed by atoms with Crippen LogP contribution in [0.25, 0.3) is 10.4 Å². The number of nitroso groups, excluding NO2 is 1. The summed E-state index contributed by atoms with van der Waals surface area (Å²) in [6.45, 7) is 4.75. The number of ether oxygens (including phenoxy) is 3. The minimum atomic E-state index is -3.82. The van der Waals surface area contributed by atoms with Crippen LogP contribution in [0.3, 0.4) is 0 Å². The maximum Gasteiger partial charge on any atom is 0.302 e. The van der Waals surface area contributed by atoms with Gasteiger partial charge in [0.1, 0.15) is 17.2 Å². The van der Waals surface area contributed by atoms with Gasteiger partial charge >= 0.3 is 6.73 Å². The van der Waals surface area contributed by atoms with Crippen LogP contribution in [0.4, 0.5) is 17.1 Å². The first kappa shape index (κ1) is 34.5. The lowest BCUT2D eigenvalue weighted by Gasteiger charge is -2.39. The Balaban J connectivity index is 1.71. The summed E-state index contributed by atoms with van der Waals surface area (Å²) in [5.74, 6) is 1.05. The van der Waals surface area contributed by atoms with E-state index in [2.05, 4.69) is 4.90 Å². The van der Waals surface area contributed by atoms with Crippen LogP contribution in [0.1, 0.15) is 63.5 Å². The van der Waals surface area contributed by atoms with E-state index in [4.69, 9.17) is 14.2 Å². The highest BCUT2D eigenvalue weighted by Crippen LogP contribution is 2.49. The molecular formula is C34H45N2O8S2+. The molecule has 2 aliphatic rings. The van der Waals surface area contributed by atoms with Gasteiger partial charge in [0, 0.05) is 46.8 Å². The molecule has 3 aromatic rings. The van der Waals surface area contributed by atoms with Crippen LogP contribution in [-0.4, -0.2) is 68.8 Å². The third-order valence-corrected chi connectivity index (χ3v) is 12.5. The third kappa shape index (κ3) is 7.48. The quantitative estimate of drug-likeness (QED) is 0.122. The van der Waals surface area contributed by atoms with E-state index < -0.39 is 21.4 Å². The zero-order valence-electron chi connectivity index (χ0n) is 26.8. The number of benzene rings is 2. The van der Waals surface area contributed by atoms with Gasteiger partial charge in [-0.2, -0.15) is 0 Å². The molecule has 0 bridgehead atoms. The van der Waals surface area contributed by atoms with Crippen LogP contribution in [-0.2, 0) is 19.3 Å². The minimum Gasteiger partial charge on any atom is -0.490 e. The molecule has 2 unspecified atom stereocenters. The number of nitrogens with zero attached hydrogens (tertiary/aromatic N) is 2. The van der Waals surface area contributed by atoms with Crippen LogP contribution < -0.4 is 9.64 Å². The molecule has 2 N–H and O–H groups in total. The molecule has 1 aromatic heterocycles. The number of methoxy groups -OCH3 is 1. The van der Waals surface area contributed by atoms with Crippen LogP contribution in [0.5, 0.6) is 5.75 Å². The molecule has 46 heavy (non-hydrogen) atoms. The van der Waals surface area contributed by atoms with Gasteiger partial charge < -0.3 is 29.3 Å². The van der Waals surface area contributed by atoms with Crippen molar-refractivity contribution in [1.82, 2.24) is 0 Å². The van der Waals surface area contributed by atoms with E-state index in [1.165, 1.54) is 25.3 Å². The van der Waals surface area contributed by atoms with Crippen molar-refractivity contribution in [3.63, 3.8) is 0 Å². The number of aliphatic hydroxyl groups excluding tert-OH is 1. The Morgan fingerprint density at radius 1 is 1.04 bits per heavy atom. The highest BCUT2D eigenvalue weighted by atomic mass is 32.2. The highest BCUT2D eigenvalue weighted by molar-refractivity contribution is 7.92. The van der Waals surface area contributed by atoms with Gasteiger partial charge in [-0.3, -0.25) is 0 Å². The fourth-order valence-electron chi connectivity index (χ4n) is 6.66. The van der Waals surface area contributed by atoms with E-state index in [0.717, 1.165) is 29.9 Å². The molecule has 1 saturated carbocycles. The predicted octanol–water partition coefficient (Wildman–Crippen LogP) is 6.73. The van der Waals surface area contributed by atoms with Gasteiger partial charge in [-0.05, 0) is 50.3 Å². The molecule has 1 aliphatic carbocycles. The smallest absolute Gasteiger partial charge is 0.302 e. The molecule has 250 valence electrons. The molecule has 0 radical (unpaired) electrons. The molecule has 0 amide bonds. The third-order valence-electron chi connectivity index (χ3n) is 9.09. The van der Waals surface area contributed by atoms with Crippen molar-refractivity contribution < 1.29 is 37.6 Å². The largest absolute Gasteiger partial charge is 0.490 e. The maximum absolute atomic E-state index is 14.5. The summed E-state index contributed by atoms with van der Waals surface area (Å²) in [6, 6.07) is 14.8. The van der Waals surface area contributed by atoms with Crippen molar-refractivity contribution in [3.05, 3.63) is 58.3 Å². The number of sulfone groups is 1. The number of hydrogen-bond donors (Lipinski definition) is 2. The van der Waals surface area contributed by atoms with Gasteiger partial charge in [0.15, 0.2) is 16.1 Å². The van der Waals surface area contributed by atoms with Gasteiger partial charge in [-0.25, -0.2) is 8.42 Å². The van der Waals surface area contributed by atoms with E-state index in [9.17, 15) is 23.5 Å². The lowest BCUT2D eigenvalue weighted by atomic mass is 9.77. The van der Waals surface area contributed by atoms with E-state index in [-0.39, 0.29) is 34.7 Å². The highest BCUT2D eigenvalue weighted by Gasteiger charge is 2.39. The summed E-state index contributed by atoms with van der Waals surface area (Å²) in [5, 5.41) is 19.7. The lowest BCUT2D eigenvalue weighted by Crippen LogP contribution is -2.38. The fourth-order valence-corrected chi connectivity index (χ4v) is 9.39. The average Bonchev–Trinajstić information content (AvgIpc) is 3.52. The Morgan fingerprint density at radius 3 is 2.46 bits per heavy atom. The Bertz CT molecular complexity index is 1590. The number of para-hydroxylation sites is 1. The first-order valence-corrected chi connectivity index (χ1v) is 18.4. The summed E-state index contributed by atoms with van der Waals surface area (Å²) in [4.78, 5) is 15.7. The molecular weight excluding hydrogens is 629 g/mol. The van der Waals surface area contributed by atoms with Gasteiger partial charge in [0.25, 0.3) is 5.69 Å². The average molecular weight is 674 g/mol. The van der Waals surface area contributed by atoms with Crippen molar-refractivity contribution in [2.45, 2.75) is 68.8 Å². The number of hydrogen-bond acceptors (Lipinski definition) is 10. The van der Waals surface area contributed by atoms with Crippen LogP contribution in [0.15, 0.2) is 53.4 Å². The number of fused-ring (bicyclic) bond motifs is 1. The molecule has 2 heterocycles. The predicted molar refractivity (Wildman–Crippen MR) is 179 cm³/mol. The Kier molecular flexibility index (Phi) is 11.5. The standard InChI is InChI=1S/C34H45N2O8S2/c1-4-43-22-36(39)29-20-31(45-33(29)34(37)38)27-18-32-28(19-30(27)44-16-15-42-3)35(26-13-9-6-10-14-26)21-25(17-23(2)46(32,40)41)24-11-7-5-8-12-24/h6,9-10,13-14,18-20,23-25,34,37-38H,4-5,7-8,11-12,15-17,21-22H2,1-3H3/q+1. The molecule has 0 spiro atoms. The van der Waals surface area contributed by atoms with E-state index in [0.29, 0.717) is 58.7 Å². The van der Waals surface area contributed by atoms with Crippen molar-refractivity contribution in [3.8, 4) is 16.2 Å². The second-order valence-electron chi connectivity index (χ2n) is 12.1. The molecule has 0 saturated heterocycles. The molecule has 10 nitrogen and oxygen atoms in total. The molecule has 2 atom stereocenters. The summed E-state index contributed by atoms with van der Waals surface area (Å²) >= 11 is 0.996. The summed E-state index contributed by atoms with van der Waals surface area (Å²) < 4.78 is 46.3. The molecule has 5 rings (SSSR count). The summed E-state index contributed by atoms with van der Waals surface area (Å²) in [7, 11) is -2.25. The van der Waals surface area contributed by atoms with Crippen molar-refractivity contribution in [2.75, 3.05) is 45.1 Å². The molecule has 2 aromatic carbocycles. The van der Waals surface area contributed by atoms with E-state index in [1.54, 1.807) is 26.2 Å². The van der Waals surface area contributed by atoms with Crippen molar-refractivity contribution >= 4 is 38.2 Å². The fraction of sp³-hybridized carbons (Fsp3) is 0.529. The van der Waals surface area contributed by atoms with Gasteiger partial charge in [0.05, 0.1) is 33.8 Å². The molecule has 12 heteroatoms. The molecule has 1 fully saturated rings. The van der Waals surface area contributed by atoms with E-state index in [1.807, 2.05) is 37.3 Å². The second-order valence-corrected chi connectivity index (χ2v) is 15.5. The van der Waals surface area contributed by atoms with Crippen LogP contribution in [0, 0.1) is 16.7 Å². The topological polar surface area (TPSA) is 126 Å². The monoisotopic (exact) mass is 673 g/mol. The summed E-state index contributed by atoms with van der Waals surface area (Å²) in [6.07, 6.45) is 4.43. The zero-order valence-corrected chi connectivity index (χ0v) is 28.4. The molecule has 1 aliphatic heterocycles. The van der Waals surface area contributed by atoms with E-state index >= 15 is 0 Å². The Morgan fingerprint density at radius 2 is 1.78 bits per heavy atom. The van der Waals surface area contributed by atoms with Crippen molar-refractivity contribution in [2.24, 2.45) is 11.8 Å². The normalized spacial score (nSPS) is 20.3. The van der Waals surface area contributed by atoms with Crippen LogP contribution in [0.2, 0.25) is 0 Å². The minimum absolute atomic E-state index is 0.0248. The van der Waals surface area contributed by atoms with Gasteiger partial charge in [-0.1, -0.05) is 50.3 Å². The Hall–Kier alpha value is -2.87. The maximum atomic E-state index is 14.5. The second kappa shape index (κ2) is 15.4. The Labute approximate surface area is 275 Å². The number of anilines is 2. The van der Waals surface area contributed by atoms with Gasteiger partial charge in [0.2, 0.25) is 0 Å². The number of thiophene rings is 1. The van der Waals surface area contributed by atoms with Crippen LogP contribution >= 0.6 is 11.3 Å². The number of rotatable bonds is 12. The first-order chi connectivity index (χ1) is 22.1. The zero-order chi connectivity index (χ0) is 32.8. The summed E-state index contributed by atoms with van der Waals surface area (Å²) in [5.41, 5.74) is 1.91. The van der Waals surface area contributed by atoms with Crippen molar-refractivity contribution in [1.29, 1.82) is 0 Å².